The number of hydrogen-bond acceptors (Lipinski definition) is 4. The number of rotatable bonds is 8. The lowest BCUT2D eigenvalue weighted by Gasteiger charge is -2.09. The van der Waals surface area contributed by atoms with Gasteiger partial charge in [-0.3, -0.25) is 9.59 Å². The van der Waals surface area contributed by atoms with Crippen LogP contribution in [0.3, 0.4) is 0 Å². The summed E-state index contributed by atoms with van der Waals surface area (Å²) in [5.41, 5.74) is 0.874. The van der Waals surface area contributed by atoms with Crippen LogP contribution in [-0.2, 0) is 14.8 Å². The Hall–Kier alpha value is -2.85. The Kier molecular flexibility index (Phi) is 7.18. The second kappa shape index (κ2) is 9.38. The van der Waals surface area contributed by atoms with Crippen molar-refractivity contribution in [2.24, 2.45) is 0 Å². The quantitative estimate of drug-likeness (QED) is 0.578. The van der Waals surface area contributed by atoms with Crippen molar-refractivity contribution < 1.29 is 26.8 Å². The molecule has 0 fully saturated rings. The van der Waals surface area contributed by atoms with Crippen LogP contribution in [-0.4, -0.2) is 33.3 Å². The molecule has 2 aromatic carbocycles. The molecule has 2 aromatic rings. The summed E-state index contributed by atoms with van der Waals surface area (Å²) in [7, 11) is -4.17. The Morgan fingerprint density at radius 1 is 1.00 bits per heavy atom. The fourth-order valence-corrected chi connectivity index (χ4v) is 3.28. The molecule has 0 spiro atoms. The Morgan fingerprint density at radius 2 is 1.68 bits per heavy atom. The highest BCUT2D eigenvalue weighted by atomic mass is 32.2. The minimum absolute atomic E-state index is 0.0464. The summed E-state index contributed by atoms with van der Waals surface area (Å²) in [6, 6.07) is 8.31. The third kappa shape index (κ3) is 5.83. The number of halogens is 2. The van der Waals surface area contributed by atoms with Crippen LogP contribution in [0.1, 0.15) is 23.7 Å². The highest BCUT2D eigenvalue weighted by molar-refractivity contribution is 7.89. The van der Waals surface area contributed by atoms with Gasteiger partial charge in [0.15, 0.2) is 0 Å². The molecule has 10 heteroatoms. The largest absolute Gasteiger partial charge is 0.351 e. The van der Waals surface area contributed by atoms with Gasteiger partial charge in [0.2, 0.25) is 15.9 Å². The van der Waals surface area contributed by atoms with Crippen molar-refractivity contribution in [3.8, 4) is 0 Å². The van der Waals surface area contributed by atoms with E-state index in [1.807, 2.05) is 0 Å². The Morgan fingerprint density at radius 3 is 2.29 bits per heavy atom. The number of anilines is 1. The molecule has 0 radical (unpaired) electrons. The maximum absolute atomic E-state index is 13.6. The molecule has 0 atom stereocenters. The van der Waals surface area contributed by atoms with Gasteiger partial charge in [0, 0.05) is 36.8 Å². The van der Waals surface area contributed by atoms with Crippen molar-refractivity contribution in [3.63, 3.8) is 0 Å². The fraction of sp³-hybridized carbons (Fsp3) is 0.222. The van der Waals surface area contributed by atoms with Gasteiger partial charge in [0.05, 0.1) is 0 Å². The van der Waals surface area contributed by atoms with Gasteiger partial charge in [-0.05, 0) is 36.4 Å². The van der Waals surface area contributed by atoms with E-state index in [2.05, 4.69) is 15.4 Å². The van der Waals surface area contributed by atoms with Gasteiger partial charge in [-0.2, -0.15) is 0 Å². The van der Waals surface area contributed by atoms with Crippen molar-refractivity contribution in [3.05, 3.63) is 59.7 Å². The molecule has 0 aliphatic heterocycles. The van der Waals surface area contributed by atoms with Crippen molar-refractivity contribution >= 4 is 27.5 Å². The minimum atomic E-state index is -4.17. The number of hydrogen-bond donors (Lipinski definition) is 3. The van der Waals surface area contributed by atoms with Crippen molar-refractivity contribution in [1.82, 2.24) is 10.0 Å². The minimum Gasteiger partial charge on any atom is -0.351 e. The lowest BCUT2D eigenvalue weighted by atomic mass is 10.2. The monoisotopic (exact) mass is 411 g/mol. The van der Waals surface area contributed by atoms with E-state index in [4.69, 9.17) is 0 Å². The molecule has 0 aliphatic carbocycles. The van der Waals surface area contributed by atoms with Gasteiger partial charge in [-0.25, -0.2) is 21.9 Å². The van der Waals surface area contributed by atoms with E-state index in [1.165, 1.54) is 12.1 Å². The third-order valence-electron chi connectivity index (χ3n) is 3.64. The average Bonchev–Trinajstić information content (AvgIpc) is 2.65. The maximum atomic E-state index is 13.6. The zero-order valence-corrected chi connectivity index (χ0v) is 15.8. The number of sulfonamides is 1. The lowest BCUT2D eigenvalue weighted by Crippen LogP contribution is -2.35. The first-order valence-electron chi connectivity index (χ1n) is 8.35. The molecular weight excluding hydrogens is 392 g/mol. The molecule has 28 heavy (non-hydrogen) atoms. The fourth-order valence-electron chi connectivity index (χ4n) is 2.19. The Balaban J connectivity index is 1.85. The van der Waals surface area contributed by atoms with E-state index in [9.17, 15) is 26.8 Å². The van der Waals surface area contributed by atoms with Gasteiger partial charge < -0.3 is 10.6 Å². The zero-order valence-electron chi connectivity index (χ0n) is 15.0. The standard InChI is InChI=1S/C18H19F2N3O4S/c1-2-17(24)23-14-6-3-12(4-7-14)18(25)21-9-10-22-28(26,27)16-8-5-13(19)11-15(16)20/h3-8,11,22H,2,9-10H2,1H3,(H,21,25)(H,23,24). The van der Waals surface area contributed by atoms with Crippen LogP contribution in [0.5, 0.6) is 0 Å². The van der Waals surface area contributed by atoms with Gasteiger partial charge in [-0.1, -0.05) is 6.92 Å². The molecule has 150 valence electrons. The topological polar surface area (TPSA) is 104 Å². The maximum Gasteiger partial charge on any atom is 0.251 e. The highest BCUT2D eigenvalue weighted by Gasteiger charge is 2.19. The molecule has 0 aliphatic rings. The Bertz CT molecular complexity index is 963. The number of nitrogens with one attached hydrogen (secondary N) is 3. The zero-order chi connectivity index (χ0) is 20.7. The first kappa shape index (κ1) is 21.5. The molecule has 3 N–H and O–H groups in total. The summed E-state index contributed by atoms with van der Waals surface area (Å²) in [5.74, 6) is -2.68. The summed E-state index contributed by atoms with van der Waals surface area (Å²) in [5, 5.41) is 5.16. The van der Waals surface area contributed by atoms with Crippen LogP contribution in [0.15, 0.2) is 47.4 Å². The molecule has 7 nitrogen and oxygen atoms in total. The van der Waals surface area contributed by atoms with Crippen LogP contribution in [0.25, 0.3) is 0 Å². The molecule has 2 rings (SSSR count). The molecule has 0 saturated heterocycles. The molecular formula is C18H19F2N3O4S. The molecule has 2 amide bonds. The predicted molar refractivity (Wildman–Crippen MR) is 99.2 cm³/mol. The van der Waals surface area contributed by atoms with E-state index >= 15 is 0 Å². The summed E-state index contributed by atoms with van der Waals surface area (Å²) in [4.78, 5) is 22.7. The lowest BCUT2D eigenvalue weighted by molar-refractivity contribution is -0.115. The molecule has 0 saturated carbocycles. The van der Waals surface area contributed by atoms with Crippen molar-refractivity contribution in [2.75, 3.05) is 18.4 Å². The van der Waals surface area contributed by atoms with Crippen LogP contribution < -0.4 is 15.4 Å². The van der Waals surface area contributed by atoms with Crippen LogP contribution in [0.2, 0.25) is 0 Å². The number of carbonyl (C=O) groups excluding carboxylic acids is 2. The summed E-state index contributed by atoms with van der Waals surface area (Å²) in [6.07, 6.45) is 0.333. The average molecular weight is 411 g/mol. The van der Waals surface area contributed by atoms with E-state index in [1.54, 1.807) is 19.1 Å². The molecule has 0 heterocycles. The van der Waals surface area contributed by atoms with Crippen LogP contribution >= 0.6 is 0 Å². The molecule has 0 bridgehead atoms. The van der Waals surface area contributed by atoms with E-state index < -0.39 is 32.5 Å². The van der Waals surface area contributed by atoms with Crippen molar-refractivity contribution in [2.45, 2.75) is 18.2 Å². The van der Waals surface area contributed by atoms with Crippen molar-refractivity contribution in [1.29, 1.82) is 0 Å². The van der Waals surface area contributed by atoms with Gasteiger partial charge in [-0.15, -0.1) is 0 Å². The number of benzene rings is 2. The Labute approximate surface area is 161 Å². The SMILES string of the molecule is CCC(=O)Nc1ccc(C(=O)NCCNS(=O)(=O)c2ccc(F)cc2F)cc1. The van der Waals surface area contributed by atoms with Crippen LogP contribution in [0, 0.1) is 11.6 Å². The summed E-state index contributed by atoms with van der Waals surface area (Å²) < 4.78 is 52.6. The van der Waals surface area contributed by atoms with E-state index in [0.29, 0.717) is 23.7 Å². The first-order chi connectivity index (χ1) is 13.2. The van der Waals surface area contributed by atoms with E-state index in [0.717, 1.165) is 12.1 Å². The van der Waals surface area contributed by atoms with Gasteiger partial charge in [0.25, 0.3) is 5.91 Å². The molecule has 0 unspecified atom stereocenters. The normalized spacial score (nSPS) is 11.1. The van der Waals surface area contributed by atoms with Gasteiger partial charge in [0.1, 0.15) is 16.5 Å². The summed E-state index contributed by atoms with van der Waals surface area (Å²) >= 11 is 0. The van der Waals surface area contributed by atoms with E-state index in [-0.39, 0.29) is 19.0 Å². The highest BCUT2D eigenvalue weighted by Crippen LogP contribution is 2.15. The second-order valence-electron chi connectivity index (χ2n) is 5.71. The predicted octanol–water partition coefficient (Wildman–Crippen LogP) is 2.02. The number of carbonyl (C=O) groups is 2. The van der Waals surface area contributed by atoms with Gasteiger partial charge >= 0.3 is 0 Å². The summed E-state index contributed by atoms with van der Waals surface area (Å²) in [6.45, 7) is 1.49. The first-order valence-corrected chi connectivity index (χ1v) is 9.84. The molecule has 0 aromatic heterocycles. The second-order valence-corrected chi connectivity index (χ2v) is 7.44. The smallest absolute Gasteiger partial charge is 0.251 e. The van der Waals surface area contributed by atoms with Crippen LogP contribution in [0.4, 0.5) is 14.5 Å². The third-order valence-corrected chi connectivity index (χ3v) is 5.13. The number of amides is 2.